The van der Waals surface area contributed by atoms with Crippen LogP contribution in [0.25, 0.3) is 0 Å². The van der Waals surface area contributed by atoms with Gasteiger partial charge >= 0.3 is 0 Å². The van der Waals surface area contributed by atoms with Crippen molar-refractivity contribution in [3.63, 3.8) is 0 Å². The van der Waals surface area contributed by atoms with E-state index in [1.54, 1.807) is 42.5 Å². The predicted octanol–water partition coefficient (Wildman–Crippen LogP) is 6.33. The number of Topliss-reactive ketones (excluding diaryl/α,β-unsaturated/α-hetero) is 1. The zero-order valence-corrected chi connectivity index (χ0v) is 25.4. The fourth-order valence-electron chi connectivity index (χ4n) is 6.41. The van der Waals surface area contributed by atoms with E-state index in [-0.39, 0.29) is 65.8 Å². The quantitative estimate of drug-likeness (QED) is 0.111. The molecule has 8 heteroatoms. The second-order valence-electron chi connectivity index (χ2n) is 11.8. The number of rotatable bonds is 13. The molecule has 0 amide bonds. The van der Waals surface area contributed by atoms with Crippen LogP contribution in [0.2, 0.25) is 0 Å². The van der Waals surface area contributed by atoms with Gasteiger partial charge in [-0.1, -0.05) is 48.5 Å². The van der Waals surface area contributed by atoms with E-state index >= 15 is 0 Å². The molecule has 1 aliphatic carbocycles. The highest BCUT2D eigenvalue weighted by atomic mass is 16.5. The van der Waals surface area contributed by atoms with E-state index < -0.39 is 6.10 Å². The first-order chi connectivity index (χ1) is 21.7. The number of aliphatic hydroxyl groups excluding tert-OH is 1. The first kappa shape index (κ1) is 31.7. The molecule has 5 N–H and O–H groups in total. The van der Waals surface area contributed by atoms with Crippen molar-refractivity contribution in [1.29, 1.82) is 0 Å². The third kappa shape index (κ3) is 7.88. The molecule has 0 saturated heterocycles. The number of methoxy groups -OCH3 is 1. The standard InChI is InChI=1S/C37H40O8/c1-44-35-18-24(11-15-33(35)41)10-13-28(39)19-29(40)20-31-26(16-23-6-3-2-4-7-23)12-14-30-32(31)21-34(42)36(43)37(30)45-22-25-8-5-9-27(38)17-25/h2-9,11,15,17-18,21,26,29,31,38,40-43H,10,12-14,16,19-20,22H2,1H3/t26-,29-,31+/m0/s1. The number of aliphatic hydroxyl groups is 1. The van der Waals surface area contributed by atoms with Gasteiger partial charge in [0.2, 0.25) is 5.75 Å². The second kappa shape index (κ2) is 14.4. The summed E-state index contributed by atoms with van der Waals surface area (Å²) in [4.78, 5) is 13.0. The Morgan fingerprint density at radius 3 is 2.42 bits per heavy atom. The van der Waals surface area contributed by atoms with Crippen LogP contribution in [0.1, 0.15) is 59.4 Å². The number of ether oxygens (including phenoxy) is 2. The molecule has 0 unspecified atom stereocenters. The third-order valence-corrected chi connectivity index (χ3v) is 8.67. The molecule has 0 radical (unpaired) electrons. The van der Waals surface area contributed by atoms with Gasteiger partial charge in [-0.15, -0.1) is 0 Å². The molecule has 0 bridgehead atoms. The average molecular weight is 613 g/mol. The van der Waals surface area contributed by atoms with Gasteiger partial charge in [-0.3, -0.25) is 4.79 Å². The lowest BCUT2D eigenvalue weighted by Gasteiger charge is -2.36. The van der Waals surface area contributed by atoms with Gasteiger partial charge in [-0.05, 0) is 96.5 Å². The van der Waals surface area contributed by atoms with E-state index in [9.17, 15) is 30.3 Å². The van der Waals surface area contributed by atoms with Gasteiger partial charge in [-0.25, -0.2) is 0 Å². The molecule has 3 atom stereocenters. The molecule has 0 aromatic heterocycles. The Kier molecular flexibility index (Phi) is 10.1. The van der Waals surface area contributed by atoms with Crippen molar-refractivity contribution < 1.29 is 39.8 Å². The van der Waals surface area contributed by atoms with Crippen LogP contribution in [0.3, 0.4) is 0 Å². The summed E-state index contributed by atoms with van der Waals surface area (Å²) in [6.07, 6.45) is 2.22. The molecule has 0 spiro atoms. The Labute approximate surface area is 263 Å². The Morgan fingerprint density at radius 2 is 1.67 bits per heavy atom. The number of aryl methyl sites for hydroxylation is 1. The highest BCUT2D eigenvalue weighted by Gasteiger charge is 2.35. The molecular formula is C37H40O8. The average Bonchev–Trinajstić information content (AvgIpc) is 3.02. The third-order valence-electron chi connectivity index (χ3n) is 8.67. The van der Waals surface area contributed by atoms with Crippen molar-refractivity contribution >= 4 is 5.78 Å². The lowest BCUT2D eigenvalue weighted by atomic mass is 9.70. The van der Waals surface area contributed by atoms with E-state index in [4.69, 9.17) is 9.47 Å². The predicted molar refractivity (Wildman–Crippen MR) is 170 cm³/mol. The molecule has 0 fully saturated rings. The first-order valence-corrected chi connectivity index (χ1v) is 15.3. The van der Waals surface area contributed by atoms with Crippen LogP contribution in [0.5, 0.6) is 34.5 Å². The molecule has 0 heterocycles. The number of fused-ring (bicyclic) bond motifs is 1. The number of phenolic OH excluding ortho intramolecular Hbond substituents is 4. The number of aromatic hydroxyl groups is 4. The van der Waals surface area contributed by atoms with Crippen molar-refractivity contribution in [2.24, 2.45) is 5.92 Å². The van der Waals surface area contributed by atoms with Crippen molar-refractivity contribution in [3.05, 3.63) is 107 Å². The number of hydrogen-bond acceptors (Lipinski definition) is 8. The van der Waals surface area contributed by atoms with E-state index in [0.29, 0.717) is 30.6 Å². The highest BCUT2D eigenvalue weighted by molar-refractivity contribution is 5.79. The molecule has 236 valence electrons. The molecule has 4 aromatic rings. The van der Waals surface area contributed by atoms with Crippen molar-refractivity contribution in [2.45, 2.75) is 63.6 Å². The Balaban J connectivity index is 1.35. The van der Waals surface area contributed by atoms with Crippen molar-refractivity contribution in [2.75, 3.05) is 7.11 Å². The lowest BCUT2D eigenvalue weighted by Crippen LogP contribution is -2.28. The Bertz CT molecular complexity index is 1620. The number of carbonyl (C=O) groups is 1. The maximum atomic E-state index is 13.0. The normalized spacial score (nSPS) is 16.5. The van der Waals surface area contributed by atoms with E-state index in [2.05, 4.69) is 12.1 Å². The van der Waals surface area contributed by atoms with Gasteiger partial charge in [0.25, 0.3) is 0 Å². The molecule has 4 aromatic carbocycles. The van der Waals surface area contributed by atoms with Gasteiger partial charge in [-0.2, -0.15) is 0 Å². The number of hydrogen-bond donors (Lipinski definition) is 5. The maximum Gasteiger partial charge on any atom is 0.200 e. The summed E-state index contributed by atoms with van der Waals surface area (Å²) in [6.45, 7) is 0.0833. The molecule has 1 aliphatic rings. The summed E-state index contributed by atoms with van der Waals surface area (Å²) in [6, 6.07) is 23.3. The molecule has 0 saturated carbocycles. The molecule has 8 nitrogen and oxygen atoms in total. The Morgan fingerprint density at radius 1 is 0.889 bits per heavy atom. The SMILES string of the molecule is COc1cc(CCC(=O)C[C@H](O)C[C@H]2c3cc(O)c(O)c(OCc4cccc(O)c4)c3CC[C@H]2Cc2ccccc2)ccc1O. The summed E-state index contributed by atoms with van der Waals surface area (Å²) < 4.78 is 11.2. The van der Waals surface area contributed by atoms with Crippen LogP contribution < -0.4 is 9.47 Å². The topological polar surface area (TPSA) is 137 Å². The zero-order chi connectivity index (χ0) is 31.9. The monoisotopic (exact) mass is 612 g/mol. The minimum Gasteiger partial charge on any atom is -0.508 e. The van der Waals surface area contributed by atoms with Crippen molar-refractivity contribution in [3.8, 4) is 34.5 Å². The summed E-state index contributed by atoms with van der Waals surface area (Å²) in [5.41, 5.74) is 4.30. The van der Waals surface area contributed by atoms with Gasteiger partial charge < -0.3 is 35.0 Å². The second-order valence-corrected chi connectivity index (χ2v) is 11.8. The number of carbonyl (C=O) groups excluding carboxylic acids is 1. The zero-order valence-electron chi connectivity index (χ0n) is 25.4. The van der Waals surface area contributed by atoms with Gasteiger partial charge in [0.1, 0.15) is 18.1 Å². The fraction of sp³-hybridized carbons (Fsp3) is 0.324. The minimum absolute atomic E-state index is 0.00989. The Hall–Kier alpha value is -4.69. The summed E-state index contributed by atoms with van der Waals surface area (Å²) in [7, 11) is 1.47. The largest absolute Gasteiger partial charge is 0.508 e. The summed E-state index contributed by atoms with van der Waals surface area (Å²) in [5.74, 6) is -0.109. The van der Waals surface area contributed by atoms with Gasteiger partial charge in [0, 0.05) is 18.4 Å². The van der Waals surface area contributed by atoms with E-state index in [1.165, 1.54) is 13.2 Å². The van der Waals surface area contributed by atoms with E-state index in [0.717, 1.165) is 35.1 Å². The minimum atomic E-state index is -0.909. The van der Waals surface area contributed by atoms with Crippen LogP contribution in [0.15, 0.2) is 78.9 Å². The lowest BCUT2D eigenvalue weighted by molar-refractivity contribution is -0.121. The molecule has 45 heavy (non-hydrogen) atoms. The van der Waals surface area contributed by atoms with Crippen LogP contribution in [0, 0.1) is 5.92 Å². The van der Waals surface area contributed by atoms with Gasteiger partial charge in [0.15, 0.2) is 23.0 Å². The molecule has 5 rings (SSSR count). The van der Waals surface area contributed by atoms with E-state index in [1.807, 2.05) is 18.2 Å². The maximum absolute atomic E-state index is 13.0. The number of phenols is 4. The van der Waals surface area contributed by atoms with Crippen LogP contribution in [-0.4, -0.2) is 44.5 Å². The number of ketones is 1. The fourth-order valence-corrected chi connectivity index (χ4v) is 6.41. The van der Waals surface area contributed by atoms with Crippen LogP contribution in [-0.2, 0) is 30.7 Å². The van der Waals surface area contributed by atoms with Crippen LogP contribution >= 0.6 is 0 Å². The number of benzene rings is 4. The van der Waals surface area contributed by atoms with Crippen molar-refractivity contribution in [1.82, 2.24) is 0 Å². The summed E-state index contributed by atoms with van der Waals surface area (Å²) in [5, 5.41) is 52.5. The van der Waals surface area contributed by atoms with Gasteiger partial charge in [0.05, 0.1) is 13.2 Å². The van der Waals surface area contributed by atoms with Crippen LogP contribution in [0.4, 0.5) is 0 Å². The smallest absolute Gasteiger partial charge is 0.200 e. The molecule has 0 aliphatic heterocycles. The summed E-state index contributed by atoms with van der Waals surface area (Å²) >= 11 is 0. The first-order valence-electron chi connectivity index (χ1n) is 15.3. The molecular weight excluding hydrogens is 572 g/mol. The highest BCUT2D eigenvalue weighted by Crippen LogP contribution is 2.50.